The average molecular weight is 248 g/mol. The summed E-state index contributed by atoms with van der Waals surface area (Å²) < 4.78 is 7.61. The van der Waals surface area contributed by atoms with E-state index in [1.54, 1.807) is 0 Å². The molecule has 88 valence electrons. The molecule has 0 fully saturated rings. The molecule has 1 heterocycles. The zero-order valence-corrected chi connectivity index (χ0v) is 9.85. The molecule has 0 aliphatic rings. The van der Waals surface area contributed by atoms with Gasteiger partial charge in [-0.3, -0.25) is 4.79 Å². The average Bonchev–Trinajstić information content (AvgIpc) is 2.90. The summed E-state index contributed by atoms with van der Waals surface area (Å²) in [7, 11) is 0. The highest BCUT2D eigenvalue weighted by Crippen LogP contribution is 2.08. The Morgan fingerprint density at radius 3 is 2.82 bits per heavy atom. The lowest BCUT2D eigenvalue weighted by molar-refractivity contribution is 0.0947. The Balaban J connectivity index is 1.89. The maximum atomic E-state index is 11.6. The number of hydrogen-bond donors (Lipinski definition) is 2. The van der Waals surface area contributed by atoms with Crippen molar-refractivity contribution in [2.45, 2.75) is 6.04 Å². The number of nitrogens with zero attached hydrogens (tertiary/aromatic N) is 2. The maximum Gasteiger partial charge on any atom is 0.272 e. The van der Waals surface area contributed by atoms with Gasteiger partial charge in [0, 0.05) is 12.6 Å². The summed E-state index contributed by atoms with van der Waals surface area (Å²) in [5, 5.41) is 2.72. The smallest absolute Gasteiger partial charge is 0.272 e. The van der Waals surface area contributed by atoms with Gasteiger partial charge < -0.3 is 11.1 Å². The molecular formula is C11H12N4OS. The van der Waals surface area contributed by atoms with Gasteiger partial charge in [-0.15, -0.1) is 0 Å². The molecule has 0 spiro atoms. The van der Waals surface area contributed by atoms with Crippen LogP contribution in [0.2, 0.25) is 0 Å². The number of carbonyl (C=O) groups is 1. The van der Waals surface area contributed by atoms with Crippen LogP contribution in [0.5, 0.6) is 0 Å². The molecule has 0 saturated carbocycles. The van der Waals surface area contributed by atoms with Crippen molar-refractivity contribution in [2.75, 3.05) is 6.54 Å². The predicted octanol–water partition coefficient (Wildman–Crippen LogP) is 0.968. The molecule has 5 nitrogen and oxygen atoms in total. The highest BCUT2D eigenvalue weighted by atomic mass is 32.1. The zero-order valence-electron chi connectivity index (χ0n) is 9.04. The van der Waals surface area contributed by atoms with Gasteiger partial charge in [-0.1, -0.05) is 30.3 Å². The minimum absolute atomic E-state index is 0.216. The summed E-state index contributed by atoms with van der Waals surface area (Å²) in [6.07, 6.45) is 1.44. The highest BCUT2D eigenvalue weighted by Gasteiger charge is 2.11. The third-order valence-corrected chi connectivity index (χ3v) is 2.78. The van der Waals surface area contributed by atoms with Gasteiger partial charge >= 0.3 is 0 Å². The molecule has 0 bridgehead atoms. The SMILES string of the molecule is NC(CNC(=O)c1cnsn1)c1ccccc1. The van der Waals surface area contributed by atoms with Crippen LogP contribution >= 0.6 is 11.7 Å². The largest absolute Gasteiger partial charge is 0.349 e. The first-order chi connectivity index (χ1) is 8.27. The van der Waals surface area contributed by atoms with Gasteiger partial charge in [0.2, 0.25) is 0 Å². The van der Waals surface area contributed by atoms with E-state index in [0.717, 1.165) is 17.3 Å². The topological polar surface area (TPSA) is 80.9 Å². The van der Waals surface area contributed by atoms with Gasteiger partial charge in [0.25, 0.3) is 5.91 Å². The van der Waals surface area contributed by atoms with E-state index in [2.05, 4.69) is 14.1 Å². The van der Waals surface area contributed by atoms with E-state index in [0.29, 0.717) is 12.2 Å². The lowest BCUT2D eigenvalue weighted by Gasteiger charge is -2.12. The Morgan fingerprint density at radius 2 is 2.18 bits per heavy atom. The third kappa shape index (κ3) is 3.08. The fourth-order valence-corrected chi connectivity index (χ4v) is 1.79. The second kappa shape index (κ2) is 5.51. The molecular weight excluding hydrogens is 236 g/mol. The van der Waals surface area contributed by atoms with Crippen LogP contribution in [0.1, 0.15) is 22.1 Å². The lowest BCUT2D eigenvalue weighted by atomic mass is 10.1. The van der Waals surface area contributed by atoms with Crippen LogP contribution < -0.4 is 11.1 Å². The van der Waals surface area contributed by atoms with Crippen LogP contribution in [0.15, 0.2) is 36.5 Å². The number of amides is 1. The Bertz CT molecular complexity index is 471. The van der Waals surface area contributed by atoms with E-state index >= 15 is 0 Å². The van der Waals surface area contributed by atoms with Gasteiger partial charge in [-0.25, -0.2) is 0 Å². The Morgan fingerprint density at radius 1 is 1.41 bits per heavy atom. The van der Waals surface area contributed by atoms with E-state index in [9.17, 15) is 4.79 Å². The first-order valence-electron chi connectivity index (χ1n) is 5.13. The van der Waals surface area contributed by atoms with Crippen molar-refractivity contribution in [3.05, 3.63) is 47.8 Å². The van der Waals surface area contributed by atoms with Gasteiger partial charge in [0.05, 0.1) is 17.9 Å². The van der Waals surface area contributed by atoms with Crippen LogP contribution in [0.4, 0.5) is 0 Å². The van der Waals surface area contributed by atoms with E-state index in [1.165, 1.54) is 6.20 Å². The van der Waals surface area contributed by atoms with Crippen LogP contribution in [-0.2, 0) is 0 Å². The maximum absolute atomic E-state index is 11.6. The summed E-state index contributed by atoms with van der Waals surface area (Å²) in [6.45, 7) is 0.375. The fraction of sp³-hybridized carbons (Fsp3) is 0.182. The van der Waals surface area contributed by atoms with Crippen LogP contribution in [0, 0.1) is 0 Å². The van der Waals surface area contributed by atoms with Gasteiger partial charge in [0.1, 0.15) is 0 Å². The molecule has 0 aliphatic heterocycles. The second-order valence-corrected chi connectivity index (χ2v) is 4.08. The van der Waals surface area contributed by atoms with Crippen molar-refractivity contribution in [1.82, 2.24) is 14.1 Å². The zero-order chi connectivity index (χ0) is 12.1. The van der Waals surface area contributed by atoms with E-state index in [-0.39, 0.29) is 11.9 Å². The number of carbonyl (C=O) groups excluding carboxylic acids is 1. The molecule has 3 N–H and O–H groups in total. The fourth-order valence-electron chi connectivity index (χ4n) is 1.38. The quantitative estimate of drug-likeness (QED) is 0.844. The lowest BCUT2D eigenvalue weighted by Crippen LogP contribution is -2.32. The van der Waals surface area contributed by atoms with E-state index < -0.39 is 0 Å². The molecule has 1 aromatic heterocycles. The molecule has 1 unspecified atom stereocenters. The summed E-state index contributed by atoms with van der Waals surface area (Å²) >= 11 is 1.01. The minimum Gasteiger partial charge on any atom is -0.349 e. The number of nitrogens with one attached hydrogen (secondary N) is 1. The minimum atomic E-state index is -0.245. The van der Waals surface area contributed by atoms with Crippen molar-refractivity contribution in [3.8, 4) is 0 Å². The molecule has 1 atom stereocenters. The van der Waals surface area contributed by atoms with E-state index in [4.69, 9.17) is 5.73 Å². The van der Waals surface area contributed by atoms with Crippen LogP contribution in [-0.4, -0.2) is 21.2 Å². The number of benzene rings is 1. The van der Waals surface area contributed by atoms with Gasteiger partial charge in [0.15, 0.2) is 5.69 Å². The number of nitrogens with two attached hydrogens (primary N) is 1. The van der Waals surface area contributed by atoms with Crippen molar-refractivity contribution < 1.29 is 4.79 Å². The summed E-state index contributed by atoms with van der Waals surface area (Å²) in [6, 6.07) is 9.41. The molecule has 0 radical (unpaired) electrons. The number of hydrogen-bond acceptors (Lipinski definition) is 5. The number of rotatable bonds is 4. The van der Waals surface area contributed by atoms with Crippen molar-refractivity contribution in [2.24, 2.45) is 5.73 Å². The monoisotopic (exact) mass is 248 g/mol. The van der Waals surface area contributed by atoms with Crippen molar-refractivity contribution in [3.63, 3.8) is 0 Å². The molecule has 6 heteroatoms. The Labute approximate surface area is 103 Å². The van der Waals surface area contributed by atoms with Crippen molar-refractivity contribution in [1.29, 1.82) is 0 Å². The Kier molecular flexibility index (Phi) is 3.79. The Hall–Kier alpha value is -1.79. The third-order valence-electron chi connectivity index (χ3n) is 2.30. The molecule has 1 amide bonds. The molecule has 0 saturated heterocycles. The predicted molar refractivity (Wildman–Crippen MR) is 65.6 cm³/mol. The standard InChI is InChI=1S/C11H12N4OS/c12-9(8-4-2-1-3-5-8)6-13-11(16)10-7-14-17-15-10/h1-5,7,9H,6,12H2,(H,13,16). The van der Waals surface area contributed by atoms with Gasteiger partial charge in [-0.05, 0) is 5.56 Å². The van der Waals surface area contributed by atoms with Gasteiger partial charge in [-0.2, -0.15) is 8.75 Å². The molecule has 0 aliphatic carbocycles. The van der Waals surface area contributed by atoms with Crippen LogP contribution in [0.25, 0.3) is 0 Å². The molecule has 2 aromatic rings. The molecule has 2 rings (SSSR count). The summed E-state index contributed by atoms with van der Waals surface area (Å²) in [5.41, 5.74) is 7.27. The van der Waals surface area contributed by atoms with Crippen molar-refractivity contribution >= 4 is 17.6 Å². The molecule has 17 heavy (non-hydrogen) atoms. The van der Waals surface area contributed by atoms with E-state index in [1.807, 2.05) is 30.3 Å². The normalized spacial score (nSPS) is 12.1. The summed E-state index contributed by atoms with van der Waals surface area (Å²) in [5.74, 6) is -0.245. The first-order valence-corrected chi connectivity index (χ1v) is 5.86. The first kappa shape index (κ1) is 11.7. The summed E-state index contributed by atoms with van der Waals surface area (Å²) in [4.78, 5) is 11.6. The highest BCUT2D eigenvalue weighted by molar-refractivity contribution is 6.99. The number of aromatic nitrogens is 2. The second-order valence-electron chi connectivity index (χ2n) is 3.52. The van der Waals surface area contributed by atoms with Crippen LogP contribution in [0.3, 0.4) is 0 Å². The molecule has 1 aromatic carbocycles.